The van der Waals surface area contributed by atoms with E-state index in [1.807, 2.05) is 0 Å². The Kier molecular flexibility index (Phi) is 4.16. The van der Waals surface area contributed by atoms with E-state index in [0.29, 0.717) is 18.2 Å². The highest BCUT2D eigenvalue weighted by Gasteiger charge is 2.33. The highest BCUT2D eigenvalue weighted by molar-refractivity contribution is 5.97. The molecule has 20 heavy (non-hydrogen) atoms. The number of fused-ring (bicyclic) bond motifs is 1. The largest absolute Gasteiger partial charge is 0.293 e. The lowest BCUT2D eigenvalue weighted by Gasteiger charge is -2.43. The van der Waals surface area contributed by atoms with Crippen LogP contribution in [-0.4, -0.2) is 29.8 Å². The Labute approximate surface area is 120 Å². The van der Waals surface area contributed by atoms with Gasteiger partial charge < -0.3 is 0 Å². The minimum Gasteiger partial charge on any atom is -0.293 e. The van der Waals surface area contributed by atoms with Crippen molar-refractivity contribution in [2.24, 2.45) is 5.92 Å². The molecule has 1 heterocycles. The molecule has 0 spiro atoms. The van der Waals surface area contributed by atoms with Crippen LogP contribution in [0.3, 0.4) is 0 Å². The summed E-state index contributed by atoms with van der Waals surface area (Å²) in [6.07, 6.45) is 7.67. The van der Waals surface area contributed by atoms with Gasteiger partial charge in [0.1, 0.15) is 5.82 Å². The van der Waals surface area contributed by atoms with Crippen molar-refractivity contribution in [3.8, 4) is 0 Å². The van der Waals surface area contributed by atoms with Crippen molar-refractivity contribution in [3.05, 3.63) is 35.6 Å². The summed E-state index contributed by atoms with van der Waals surface area (Å²) in [5.41, 5.74) is 0.503. The number of Topliss-reactive ketones (excluding diaryl/α,β-unsaturated/α-hetero) is 1. The van der Waals surface area contributed by atoms with Crippen LogP contribution in [0.2, 0.25) is 0 Å². The first-order valence-corrected chi connectivity index (χ1v) is 7.77. The molecule has 0 radical (unpaired) electrons. The molecule has 3 heteroatoms. The molecular weight excluding hydrogens is 253 g/mol. The molecule has 0 amide bonds. The van der Waals surface area contributed by atoms with Crippen LogP contribution < -0.4 is 0 Å². The fourth-order valence-corrected chi connectivity index (χ4v) is 3.86. The molecule has 1 aromatic carbocycles. The number of rotatable bonds is 3. The number of hydrogen-bond donors (Lipinski definition) is 0. The zero-order valence-corrected chi connectivity index (χ0v) is 11.9. The van der Waals surface area contributed by atoms with Crippen molar-refractivity contribution in [1.82, 2.24) is 4.90 Å². The second-order valence-corrected chi connectivity index (χ2v) is 6.16. The second kappa shape index (κ2) is 6.04. The van der Waals surface area contributed by atoms with E-state index in [0.717, 1.165) is 12.5 Å². The van der Waals surface area contributed by atoms with Gasteiger partial charge in [-0.05, 0) is 50.3 Å². The Morgan fingerprint density at radius 3 is 2.85 bits per heavy atom. The van der Waals surface area contributed by atoms with Crippen molar-refractivity contribution in [2.75, 3.05) is 13.1 Å². The third kappa shape index (κ3) is 2.93. The zero-order valence-electron chi connectivity index (χ0n) is 11.9. The lowest BCUT2D eigenvalue weighted by Crippen LogP contribution is -2.48. The summed E-state index contributed by atoms with van der Waals surface area (Å²) in [5.74, 6) is 0.499. The van der Waals surface area contributed by atoms with Crippen molar-refractivity contribution in [1.29, 1.82) is 0 Å². The van der Waals surface area contributed by atoms with Crippen LogP contribution in [0.5, 0.6) is 0 Å². The predicted octanol–water partition coefficient (Wildman–Crippen LogP) is 3.66. The van der Waals surface area contributed by atoms with Crippen LogP contribution in [0.25, 0.3) is 0 Å². The van der Waals surface area contributed by atoms with Crippen LogP contribution in [0.1, 0.15) is 48.9 Å². The number of halogens is 1. The molecule has 0 aromatic heterocycles. The molecule has 2 nitrogen and oxygen atoms in total. The van der Waals surface area contributed by atoms with Crippen molar-refractivity contribution < 1.29 is 9.18 Å². The van der Waals surface area contributed by atoms with Gasteiger partial charge in [-0.3, -0.25) is 9.69 Å². The Balaban J connectivity index is 1.68. The fraction of sp³-hybridized carbons (Fsp3) is 0.588. The van der Waals surface area contributed by atoms with Gasteiger partial charge in [0, 0.05) is 11.6 Å². The van der Waals surface area contributed by atoms with Gasteiger partial charge in [-0.2, -0.15) is 0 Å². The van der Waals surface area contributed by atoms with Gasteiger partial charge in [0.25, 0.3) is 0 Å². The topological polar surface area (TPSA) is 20.3 Å². The SMILES string of the molecule is O=C(CN1CCCC2CCCCC21)c1cccc(F)c1. The predicted molar refractivity (Wildman–Crippen MR) is 77.3 cm³/mol. The Morgan fingerprint density at radius 2 is 2.00 bits per heavy atom. The molecule has 0 N–H and O–H groups in total. The van der Waals surface area contributed by atoms with E-state index < -0.39 is 0 Å². The number of hydrogen-bond acceptors (Lipinski definition) is 2. The molecule has 3 rings (SSSR count). The van der Waals surface area contributed by atoms with E-state index in [9.17, 15) is 9.18 Å². The van der Waals surface area contributed by atoms with Gasteiger partial charge in [-0.1, -0.05) is 25.0 Å². The number of benzene rings is 1. The van der Waals surface area contributed by atoms with E-state index in [1.165, 1.54) is 50.7 Å². The lowest BCUT2D eigenvalue weighted by atomic mass is 9.78. The molecule has 1 aromatic rings. The van der Waals surface area contributed by atoms with Gasteiger partial charge >= 0.3 is 0 Å². The van der Waals surface area contributed by atoms with E-state index >= 15 is 0 Å². The van der Waals surface area contributed by atoms with Crippen LogP contribution in [0, 0.1) is 11.7 Å². The normalized spacial score (nSPS) is 27.1. The van der Waals surface area contributed by atoms with Crippen LogP contribution >= 0.6 is 0 Å². The summed E-state index contributed by atoms with van der Waals surface area (Å²) in [4.78, 5) is 14.7. The third-order valence-corrected chi connectivity index (χ3v) is 4.85. The van der Waals surface area contributed by atoms with Crippen LogP contribution in [-0.2, 0) is 0 Å². The molecule has 2 atom stereocenters. The second-order valence-electron chi connectivity index (χ2n) is 6.16. The van der Waals surface area contributed by atoms with Gasteiger partial charge in [0.05, 0.1) is 6.54 Å². The summed E-state index contributed by atoms with van der Waals surface area (Å²) in [6, 6.07) is 6.64. The standard InChI is InChI=1S/C17H22FNO/c18-15-8-3-6-14(11-15)17(20)12-19-10-4-7-13-5-1-2-9-16(13)19/h3,6,8,11,13,16H,1-2,4-5,7,9-10,12H2. The molecule has 1 saturated carbocycles. The maximum absolute atomic E-state index is 13.2. The smallest absolute Gasteiger partial charge is 0.176 e. The monoisotopic (exact) mass is 275 g/mol. The minimum atomic E-state index is -0.329. The summed E-state index contributed by atoms with van der Waals surface area (Å²) >= 11 is 0. The third-order valence-electron chi connectivity index (χ3n) is 4.85. The number of carbonyl (C=O) groups is 1. The van der Waals surface area contributed by atoms with Gasteiger partial charge in [-0.25, -0.2) is 4.39 Å². The highest BCUT2D eigenvalue weighted by atomic mass is 19.1. The lowest BCUT2D eigenvalue weighted by molar-refractivity contribution is 0.0539. The number of likely N-dealkylation sites (tertiary alicyclic amines) is 1. The Morgan fingerprint density at radius 1 is 1.20 bits per heavy atom. The maximum Gasteiger partial charge on any atom is 0.176 e. The van der Waals surface area contributed by atoms with Crippen molar-refractivity contribution in [2.45, 2.75) is 44.6 Å². The van der Waals surface area contributed by atoms with Crippen molar-refractivity contribution in [3.63, 3.8) is 0 Å². The first-order chi connectivity index (χ1) is 9.74. The molecule has 1 aliphatic heterocycles. The minimum absolute atomic E-state index is 0.0516. The number of carbonyl (C=O) groups excluding carboxylic acids is 1. The molecular formula is C17H22FNO. The number of nitrogens with zero attached hydrogens (tertiary/aromatic N) is 1. The summed E-state index contributed by atoms with van der Waals surface area (Å²) in [5, 5.41) is 0. The molecule has 2 fully saturated rings. The average molecular weight is 275 g/mol. The zero-order chi connectivity index (χ0) is 13.9. The van der Waals surface area contributed by atoms with Gasteiger partial charge in [0.2, 0.25) is 0 Å². The number of ketones is 1. The maximum atomic E-state index is 13.2. The summed E-state index contributed by atoms with van der Waals surface area (Å²) < 4.78 is 13.2. The molecule has 2 unspecified atom stereocenters. The van der Waals surface area contributed by atoms with Gasteiger partial charge in [-0.15, -0.1) is 0 Å². The highest BCUT2D eigenvalue weighted by Crippen LogP contribution is 2.35. The molecule has 108 valence electrons. The quantitative estimate of drug-likeness (QED) is 0.785. The van der Waals surface area contributed by atoms with E-state index in [2.05, 4.69) is 4.90 Å². The number of piperidine rings is 1. The summed E-state index contributed by atoms with van der Waals surface area (Å²) in [7, 11) is 0. The Bertz CT molecular complexity index is 486. The van der Waals surface area contributed by atoms with Crippen molar-refractivity contribution >= 4 is 5.78 Å². The van der Waals surface area contributed by atoms with E-state index in [1.54, 1.807) is 12.1 Å². The first-order valence-electron chi connectivity index (χ1n) is 7.77. The van der Waals surface area contributed by atoms with Gasteiger partial charge in [0.15, 0.2) is 5.78 Å². The molecule has 2 aliphatic rings. The Hall–Kier alpha value is -1.22. The van der Waals surface area contributed by atoms with E-state index in [4.69, 9.17) is 0 Å². The molecule has 0 bridgehead atoms. The van der Waals surface area contributed by atoms with Crippen LogP contribution in [0.15, 0.2) is 24.3 Å². The van der Waals surface area contributed by atoms with Crippen LogP contribution in [0.4, 0.5) is 4.39 Å². The fourth-order valence-electron chi connectivity index (χ4n) is 3.86. The summed E-state index contributed by atoms with van der Waals surface area (Å²) in [6.45, 7) is 1.47. The first kappa shape index (κ1) is 13.7. The molecule has 1 saturated heterocycles. The average Bonchev–Trinajstić information content (AvgIpc) is 2.47. The molecule has 1 aliphatic carbocycles. The van der Waals surface area contributed by atoms with E-state index in [-0.39, 0.29) is 11.6 Å².